The van der Waals surface area contributed by atoms with Gasteiger partial charge in [-0.05, 0) is 13.3 Å². The van der Waals surface area contributed by atoms with Gasteiger partial charge in [0.2, 0.25) is 0 Å². The highest BCUT2D eigenvalue weighted by atomic mass is 35.5. The summed E-state index contributed by atoms with van der Waals surface area (Å²) in [5.41, 5.74) is 0. The van der Waals surface area contributed by atoms with Gasteiger partial charge in [-0.3, -0.25) is 0 Å². The molecule has 0 aromatic carbocycles. The number of hydrogen-bond donors (Lipinski definition) is 1. The maximum Gasteiger partial charge on any atom is 0.251 e. The van der Waals surface area contributed by atoms with Crippen LogP contribution in [-0.2, 0) is 10.0 Å². The normalized spacial score (nSPS) is 14.1. The Morgan fingerprint density at radius 3 is 2.80 bits per heavy atom. The lowest BCUT2D eigenvalue weighted by Gasteiger charge is -2.11. The summed E-state index contributed by atoms with van der Waals surface area (Å²) >= 11 is 6.54. The number of hydrogen-bond acceptors (Lipinski definition) is 4. The van der Waals surface area contributed by atoms with E-state index < -0.39 is 10.0 Å². The molecule has 0 saturated carbocycles. The molecule has 0 spiro atoms. The first-order valence-corrected chi connectivity index (χ1v) is 7.27. The zero-order valence-electron chi connectivity index (χ0n) is 8.53. The van der Waals surface area contributed by atoms with E-state index in [0.29, 0.717) is 0 Å². The van der Waals surface area contributed by atoms with Crippen LogP contribution in [-0.4, -0.2) is 19.4 Å². The summed E-state index contributed by atoms with van der Waals surface area (Å²) in [5, 5.41) is 0. The van der Waals surface area contributed by atoms with E-state index in [1.807, 2.05) is 13.8 Å². The van der Waals surface area contributed by atoms with Gasteiger partial charge in [-0.25, -0.2) is 18.1 Å². The second kappa shape index (κ2) is 5.25. The van der Waals surface area contributed by atoms with Gasteiger partial charge in [0.1, 0.15) is 0 Å². The Kier molecular flexibility index (Phi) is 4.51. The van der Waals surface area contributed by atoms with Gasteiger partial charge in [0.05, 0.1) is 6.20 Å². The third-order valence-electron chi connectivity index (χ3n) is 1.80. The highest BCUT2D eigenvalue weighted by molar-refractivity contribution is 7.91. The molecule has 7 heteroatoms. The van der Waals surface area contributed by atoms with Crippen LogP contribution in [0, 0.1) is 0 Å². The molecule has 4 nitrogen and oxygen atoms in total. The molecule has 0 aliphatic rings. The van der Waals surface area contributed by atoms with E-state index in [4.69, 9.17) is 11.6 Å². The van der Waals surface area contributed by atoms with Crippen LogP contribution < -0.4 is 4.72 Å². The first-order valence-electron chi connectivity index (χ1n) is 4.59. The fourth-order valence-electron chi connectivity index (χ4n) is 1.18. The van der Waals surface area contributed by atoms with Crippen LogP contribution in [0.2, 0.25) is 4.47 Å². The summed E-state index contributed by atoms with van der Waals surface area (Å²) in [6.45, 7) is 3.85. The van der Waals surface area contributed by atoms with Crippen molar-refractivity contribution < 1.29 is 8.42 Å². The number of nitrogens with one attached hydrogen (secondary N) is 1. The molecule has 0 fully saturated rings. The van der Waals surface area contributed by atoms with Gasteiger partial charge < -0.3 is 0 Å². The number of thiazole rings is 1. The Balaban J connectivity index is 2.76. The minimum Gasteiger partial charge on any atom is -0.232 e. The first kappa shape index (κ1) is 12.9. The van der Waals surface area contributed by atoms with Crippen molar-refractivity contribution in [3.05, 3.63) is 10.7 Å². The number of halogens is 1. The number of nitrogens with zero attached hydrogens (tertiary/aromatic N) is 1. The second-order valence-electron chi connectivity index (χ2n) is 3.24. The van der Waals surface area contributed by atoms with Gasteiger partial charge in [-0.2, -0.15) is 0 Å². The van der Waals surface area contributed by atoms with Crippen molar-refractivity contribution in [1.82, 2.24) is 9.71 Å². The average Bonchev–Trinajstić information content (AvgIpc) is 2.51. The van der Waals surface area contributed by atoms with Crippen LogP contribution >= 0.6 is 22.9 Å². The number of aromatic nitrogens is 1. The summed E-state index contributed by atoms with van der Waals surface area (Å²) in [4.78, 5) is 3.70. The van der Waals surface area contributed by atoms with E-state index >= 15 is 0 Å². The fourth-order valence-corrected chi connectivity index (χ4v) is 3.77. The van der Waals surface area contributed by atoms with E-state index in [2.05, 4.69) is 9.71 Å². The van der Waals surface area contributed by atoms with Crippen LogP contribution in [0.5, 0.6) is 0 Å². The molecule has 0 amide bonds. The third kappa shape index (κ3) is 3.71. The molecule has 86 valence electrons. The van der Waals surface area contributed by atoms with Crippen molar-refractivity contribution in [2.45, 2.75) is 36.9 Å². The summed E-state index contributed by atoms with van der Waals surface area (Å²) in [5.74, 6) is 0. The van der Waals surface area contributed by atoms with E-state index in [9.17, 15) is 8.42 Å². The first-order chi connectivity index (χ1) is 6.95. The molecule has 1 heterocycles. The Morgan fingerprint density at radius 2 is 2.33 bits per heavy atom. The predicted molar refractivity (Wildman–Crippen MR) is 61.8 cm³/mol. The second-order valence-corrected chi connectivity index (χ2v) is 6.80. The van der Waals surface area contributed by atoms with Gasteiger partial charge >= 0.3 is 0 Å². The molecule has 1 rings (SSSR count). The molecule has 1 aromatic rings. The van der Waals surface area contributed by atoms with Crippen LogP contribution in [0.1, 0.15) is 26.7 Å². The maximum absolute atomic E-state index is 11.7. The molecule has 0 radical (unpaired) electrons. The van der Waals surface area contributed by atoms with E-state index in [1.165, 1.54) is 6.20 Å². The molecular weight excluding hydrogens is 256 g/mol. The van der Waals surface area contributed by atoms with Crippen molar-refractivity contribution in [2.75, 3.05) is 0 Å². The van der Waals surface area contributed by atoms with Gasteiger partial charge in [0, 0.05) is 6.04 Å². The standard InChI is InChI=1S/C8H13ClN2O2S2/c1-3-4-6(2)11-15(12,13)7-5-10-8(9)14-7/h5-6,11H,3-4H2,1-2H3. The molecule has 1 unspecified atom stereocenters. The van der Waals surface area contributed by atoms with Gasteiger partial charge in [0.15, 0.2) is 8.68 Å². The monoisotopic (exact) mass is 268 g/mol. The average molecular weight is 269 g/mol. The third-order valence-corrected chi connectivity index (χ3v) is 4.96. The Morgan fingerprint density at radius 1 is 1.67 bits per heavy atom. The topological polar surface area (TPSA) is 59.1 Å². The lowest BCUT2D eigenvalue weighted by molar-refractivity contribution is 0.545. The predicted octanol–water partition coefficient (Wildman–Crippen LogP) is 2.26. The minimum atomic E-state index is -3.44. The van der Waals surface area contributed by atoms with Crippen molar-refractivity contribution in [2.24, 2.45) is 0 Å². The van der Waals surface area contributed by atoms with Crippen LogP contribution in [0.3, 0.4) is 0 Å². The van der Waals surface area contributed by atoms with E-state index in [0.717, 1.165) is 24.2 Å². The Bertz CT molecular complexity index is 416. The summed E-state index contributed by atoms with van der Waals surface area (Å²) in [6, 6.07) is -0.0686. The molecule has 1 atom stereocenters. The van der Waals surface area contributed by atoms with Gasteiger partial charge in [-0.15, -0.1) is 0 Å². The molecule has 1 aromatic heterocycles. The molecule has 0 saturated heterocycles. The summed E-state index contributed by atoms with van der Waals surface area (Å²) < 4.78 is 26.4. The molecule has 0 aliphatic carbocycles. The van der Waals surface area contributed by atoms with E-state index in [1.54, 1.807) is 0 Å². The lowest BCUT2D eigenvalue weighted by Crippen LogP contribution is -2.31. The number of rotatable bonds is 5. The maximum atomic E-state index is 11.7. The zero-order chi connectivity index (χ0) is 11.5. The van der Waals surface area contributed by atoms with Crippen molar-refractivity contribution >= 4 is 33.0 Å². The quantitative estimate of drug-likeness (QED) is 0.891. The van der Waals surface area contributed by atoms with Crippen LogP contribution in [0.4, 0.5) is 0 Å². The Labute approximate surface area is 98.7 Å². The molecule has 1 N–H and O–H groups in total. The van der Waals surface area contributed by atoms with Crippen molar-refractivity contribution in [3.8, 4) is 0 Å². The molecule has 15 heavy (non-hydrogen) atoms. The van der Waals surface area contributed by atoms with E-state index in [-0.39, 0.29) is 14.7 Å². The fraction of sp³-hybridized carbons (Fsp3) is 0.625. The molecule has 0 aliphatic heterocycles. The van der Waals surface area contributed by atoms with Crippen LogP contribution in [0.15, 0.2) is 10.4 Å². The largest absolute Gasteiger partial charge is 0.251 e. The van der Waals surface area contributed by atoms with Crippen molar-refractivity contribution in [1.29, 1.82) is 0 Å². The van der Waals surface area contributed by atoms with Gasteiger partial charge in [0.25, 0.3) is 10.0 Å². The lowest BCUT2D eigenvalue weighted by atomic mass is 10.2. The molecular formula is C8H13ClN2O2S2. The smallest absolute Gasteiger partial charge is 0.232 e. The Hall–Kier alpha value is -0.170. The van der Waals surface area contributed by atoms with Crippen LogP contribution in [0.25, 0.3) is 0 Å². The highest BCUT2D eigenvalue weighted by Gasteiger charge is 2.19. The minimum absolute atomic E-state index is 0.0686. The SMILES string of the molecule is CCCC(C)NS(=O)(=O)c1cnc(Cl)s1. The van der Waals surface area contributed by atoms with Crippen molar-refractivity contribution in [3.63, 3.8) is 0 Å². The zero-order valence-corrected chi connectivity index (χ0v) is 10.9. The molecule has 0 bridgehead atoms. The highest BCUT2D eigenvalue weighted by Crippen LogP contribution is 2.22. The number of sulfonamides is 1. The summed E-state index contributed by atoms with van der Waals surface area (Å²) in [6.07, 6.45) is 3.02. The summed E-state index contributed by atoms with van der Waals surface area (Å²) in [7, 11) is -3.44. The van der Waals surface area contributed by atoms with Gasteiger partial charge in [-0.1, -0.05) is 36.3 Å².